The quantitative estimate of drug-likeness (QED) is 0.497. The Kier molecular flexibility index (Phi) is 5.45. The summed E-state index contributed by atoms with van der Waals surface area (Å²) in [5.41, 5.74) is 1.91. The molecule has 4 nitrogen and oxygen atoms in total. The molecule has 0 spiro atoms. The Balaban J connectivity index is 1.44. The Morgan fingerprint density at radius 3 is 2.38 bits per heavy atom. The Labute approximate surface area is 206 Å². The molecule has 4 heteroatoms. The molecule has 34 heavy (non-hydrogen) atoms. The van der Waals surface area contributed by atoms with Gasteiger partial charge in [0.2, 0.25) is 0 Å². The van der Waals surface area contributed by atoms with E-state index >= 15 is 0 Å². The smallest absolute Gasteiger partial charge is 0.159 e. The van der Waals surface area contributed by atoms with E-state index in [9.17, 15) is 14.7 Å². The topological polar surface area (TPSA) is 66.9 Å². The number of aliphatic hydroxyl groups is 1. The number of carbonyl (C=O) groups excluding carboxylic acids is 2. The largest absolute Gasteiger partial charge is 0.393 e. The van der Waals surface area contributed by atoms with Gasteiger partial charge in [0, 0.05) is 29.2 Å². The van der Waals surface area contributed by atoms with E-state index < -0.39 is 5.41 Å². The second-order valence-electron chi connectivity index (χ2n) is 14.1. The Morgan fingerprint density at radius 2 is 1.74 bits per heavy atom. The number of allylic oxidation sites excluding steroid dienone is 2. The number of carbonyl (C=O) groups is 2. The van der Waals surface area contributed by atoms with Crippen molar-refractivity contribution in [2.24, 2.45) is 39.4 Å². The molecular formula is C30H46O4. The van der Waals surface area contributed by atoms with Crippen LogP contribution < -0.4 is 0 Å². The second kappa shape index (κ2) is 7.51. The lowest BCUT2D eigenvalue weighted by atomic mass is 9.43. The highest BCUT2D eigenvalue weighted by Crippen LogP contribution is 2.71. The fraction of sp³-hybridized carbons (Fsp3) is 0.867. The first-order valence-electron chi connectivity index (χ1n) is 13.8. The maximum atomic E-state index is 13.9. The number of fused-ring (bicyclic) bond motifs is 4. The van der Waals surface area contributed by atoms with Crippen LogP contribution in [0.1, 0.15) is 106 Å². The number of Topliss-reactive ketones (excluding diaryl/α,β-unsaturated/α-hetero) is 2. The van der Waals surface area contributed by atoms with Crippen molar-refractivity contribution in [3.05, 3.63) is 11.1 Å². The number of ether oxygens (including phenoxy) is 1. The summed E-state index contributed by atoms with van der Waals surface area (Å²) in [5.74, 6) is 2.00. The van der Waals surface area contributed by atoms with Gasteiger partial charge in [0.05, 0.1) is 12.7 Å². The summed E-state index contributed by atoms with van der Waals surface area (Å²) < 4.78 is 5.76. The lowest BCUT2D eigenvalue weighted by molar-refractivity contribution is -0.142. The van der Waals surface area contributed by atoms with Crippen LogP contribution >= 0.6 is 0 Å². The number of epoxide rings is 1. The highest BCUT2D eigenvalue weighted by Gasteiger charge is 2.65. The molecule has 3 fully saturated rings. The number of aliphatic hydroxyl groups excluding tert-OH is 1. The van der Waals surface area contributed by atoms with Gasteiger partial charge < -0.3 is 9.84 Å². The van der Waals surface area contributed by atoms with Gasteiger partial charge in [0.1, 0.15) is 11.4 Å². The highest BCUT2D eigenvalue weighted by atomic mass is 16.6. The molecule has 1 saturated heterocycles. The van der Waals surface area contributed by atoms with Crippen LogP contribution in [0.4, 0.5) is 0 Å². The van der Waals surface area contributed by atoms with Crippen LogP contribution in [0.3, 0.4) is 0 Å². The summed E-state index contributed by atoms with van der Waals surface area (Å²) in [6.07, 6.45) is 8.86. The maximum absolute atomic E-state index is 13.9. The number of hydrogen-bond donors (Lipinski definition) is 1. The van der Waals surface area contributed by atoms with Crippen LogP contribution in [0.5, 0.6) is 0 Å². The van der Waals surface area contributed by atoms with Gasteiger partial charge in [0.25, 0.3) is 0 Å². The van der Waals surface area contributed by atoms with Crippen LogP contribution in [0.15, 0.2) is 11.1 Å². The second-order valence-corrected chi connectivity index (χ2v) is 14.1. The van der Waals surface area contributed by atoms with E-state index in [1.807, 2.05) is 6.92 Å². The van der Waals surface area contributed by atoms with Crippen molar-refractivity contribution in [3.63, 3.8) is 0 Å². The Morgan fingerprint density at radius 1 is 1.03 bits per heavy atom. The van der Waals surface area contributed by atoms with Crippen molar-refractivity contribution in [2.45, 2.75) is 118 Å². The molecule has 0 aromatic carbocycles. The molecule has 1 heterocycles. The third kappa shape index (κ3) is 3.09. The lowest BCUT2D eigenvalue weighted by Crippen LogP contribution is -2.56. The van der Waals surface area contributed by atoms with E-state index in [1.54, 1.807) is 0 Å². The van der Waals surface area contributed by atoms with Crippen molar-refractivity contribution < 1.29 is 19.4 Å². The van der Waals surface area contributed by atoms with E-state index in [0.29, 0.717) is 36.2 Å². The van der Waals surface area contributed by atoms with Crippen LogP contribution in [-0.2, 0) is 14.3 Å². The first-order valence-corrected chi connectivity index (χ1v) is 13.8. The standard InChI is InChI=1S/C30H46O4/c1-18(8-9-24-30(7,17-31)34-24)19-10-15-29(6)25-20(11-14-28(19,29)5)27(4)13-12-23(33)26(2,3)22(27)16-21(25)32/h18-19,22,24,31H,8-17H2,1-7H3/t18-,19-,22+,24-,27-,28-,29+,30+/m1/s1. The summed E-state index contributed by atoms with van der Waals surface area (Å²) in [7, 11) is 0. The molecule has 8 atom stereocenters. The average molecular weight is 471 g/mol. The molecule has 5 aliphatic rings. The zero-order valence-corrected chi connectivity index (χ0v) is 22.6. The highest BCUT2D eigenvalue weighted by molar-refractivity contribution is 6.00. The van der Waals surface area contributed by atoms with Gasteiger partial charge in [-0.3, -0.25) is 9.59 Å². The lowest BCUT2D eigenvalue weighted by Gasteiger charge is -2.60. The molecule has 190 valence electrons. The van der Waals surface area contributed by atoms with Gasteiger partial charge in [-0.1, -0.05) is 47.1 Å². The van der Waals surface area contributed by atoms with Crippen molar-refractivity contribution in [2.75, 3.05) is 6.61 Å². The van der Waals surface area contributed by atoms with E-state index in [2.05, 4.69) is 41.5 Å². The van der Waals surface area contributed by atoms with Gasteiger partial charge in [-0.05, 0) is 80.5 Å². The average Bonchev–Trinajstić information content (AvgIpc) is 3.35. The van der Waals surface area contributed by atoms with E-state index in [1.165, 1.54) is 17.6 Å². The zero-order chi connectivity index (χ0) is 24.9. The van der Waals surface area contributed by atoms with Gasteiger partial charge in [-0.25, -0.2) is 0 Å². The van der Waals surface area contributed by atoms with Gasteiger partial charge >= 0.3 is 0 Å². The van der Waals surface area contributed by atoms with Crippen LogP contribution in [0, 0.1) is 39.4 Å². The van der Waals surface area contributed by atoms with Crippen LogP contribution in [-0.4, -0.2) is 35.0 Å². The van der Waals surface area contributed by atoms with Gasteiger partial charge in [-0.15, -0.1) is 0 Å². The van der Waals surface area contributed by atoms with E-state index in [4.69, 9.17) is 4.74 Å². The predicted octanol–water partition coefficient (Wildman–Crippen LogP) is 6.05. The molecule has 0 aromatic heterocycles. The molecule has 0 aromatic rings. The monoisotopic (exact) mass is 470 g/mol. The maximum Gasteiger partial charge on any atom is 0.159 e. The first kappa shape index (κ1) is 24.7. The molecule has 0 amide bonds. The molecule has 4 aliphatic carbocycles. The summed E-state index contributed by atoms with van der Waals surface area (Å²) in [6, 6.07) is 0. The fourth-order valence-electron chi connectivity index (χ4n) is 9.53. The molecule has 2 saturated carbocycles. The van der Waals surface area contributed by atoms with E-state index in [-0.39, 0.29) is 40.5 Å². The minimum atomic E-state index is -0.413. The van der Waals surface area contributed by atoms with E-state index in [0.717, 1.165) is 38.5 Å². The summed E-state index contributed by atoms with van der Waals surface area (Å²) >= 11 is 0. The minimum Gasteiger partial charge on any atom is -0.393 e. The van der Waals surface area contributed by atoms with Crippen molar-refractivity contribution >= 4 is 11.6 Å². The van der Waals surface area contributed by atoms with Crippen LogP contribution in [0.25, 0.3) is 0 Å². The summed E-state index contributed by atoms with van der Waals surface area (Å²) in [6.45, 7) is 15.9. The third-order valence-electron chi connectivity index (χ3n) is 12.3. The normalized spacial score (nSPS) is 48.3. The molecule has 0 radical (unpaired) electrons. The van der Waals surface area contributed by atoms with Gasteiger partial charge in [-0.2, -0.15) is 0 Å². The summed E-state index contributed by atoms with van der Waals surface area (Å²) in [5, 5.41) is 9.55. The van der Waals surface area contributed by atoms with Gasteiger partial charge in [0.15, 0.2) is 5.78 Å². The SMILES string of the molecule is C[C@H](CC[C@H]1O[C@@]1(C)CO)[C@H]1CC[C@@]2(C)C3=C(CC[C@]12C)[C@@]1(C)CCC(=O)C(C)(C)[C@@H]1CC3=O. The van der Waals surface area contributed by atoms with Crippen molar-refractivity contribution in [3.8, 4) is 0 Å². The van der Waals surface area contributed by atoms with Crippen LogP contribution in [0.2, 0.25) is 0 Å². The molecule has 0 unspecified atom stereocenters. The predicted molar refractivity (Wildman–Crippen MR) is 133 cm³/mol. The fourth-order valence-corrected chi connectivity index (χ4v) is 9.53. The van der Waals surface area contributed by atoms with Crippen molar-refractivity contribution in [1.82, 2.24) is 0 Å². The minimum absolute atomic E-state index is 0.0211. The Hall–Kier alpha value is -1.00. The van der Waals surface area contributed by atoms with Crippen molar-refractivity contribution in [1.29, 1.82) is 0 Å². The Bertz CT molecular complexity index is 947. The molecular weight excluding hydrogens is 424 g/mol. The first-order chi connectivity index (χ1) is 15.7. The molecule has 0 bridgehead atoms. The molecule has 5 rings (SSSR count). The zero-order valence-electron chi connectivity index (χ0n) is 22.6. The third-order valence-corrected chi connectivity index (χ3v) is 12.3. The number of hydrogen-bond acceptors (Lipinski definition) is 4. The number of ketones is 2. The summed E-state index contributed by atoms with van der Waals surface area (Å²) in [4.78, 5) is 26.7. The number of rotatable bonds is 5. The molecule has 1 aliphatic heterocycles. The molecule has 1 N–H and O–H groups in total.